The zero-order valence-electron chi connectivity index (χ0n) is 12.8. The molecule has 7 heteroatoms. The number of carbonyl (C=O) groups excluding carboxylic acids is 1. The van der Waals surface area contributed by atoms with Gasteiger partial charge in [0.15, 0.2) is 5.13 Å². The van der Waals surface area contributed by atoms with E-state index in [0.29, 0.717) is 17.2 Å². The Hall–Kier alpha value is -1.34. The maximum absolute atomic E-state index is 12.0. The number of hydrogen-bond donors (Lipinski definition) is 2. The summed E-state index contributed by atoms with van der Waals surface area (Å²) in [5.74, 6) is 0.191. The van der Waals surface area contributed by atoms with Crippen LogP contribution in [-0.4, -0.2) is 56.6 Å². The fourth-order valence-corrected chi connectivity index (χ4v) is 2.54. The molecule has 6 nitrogen and oxygen atoms in total. The number of thiazole rings is 1. The molecule has 0 aromatic carbocycles. The van der Waals surface area contributed by atoms with Crippen LogP contribution >= 0.6 is 11.3 Å². The predicted molar refractivity (Wildman–Crippen MR) is 85.6 cm³/mol. The second-order valence-electron chi connectivity index (χ2n) is 4.99. The molecule has 3 N–H and O–H groups in total. The molecule has 1 rings (SSSR count). The highest BCUT2D eigenvalue weighted by molar-refractivity contribution is 7.18. The lowest BCUT2D eigenvalue weighted by molar-refractivity contribution is 0.0957. The van der Waals surface area contributed by atoms with E-state index in [4.69, 9.17) is 5.73 Å². The Morgan fingerprint density at radius 2 is 2.05 bits per heavy atom. The summed E-state index contributed by atoms with van der Waals surface area (Å²) in [6, 6.07) is 0. The van der Waals surface area contributed by atoms with Gasteiger partial charge in [-0.3, -0.25) is 4.79 Å². The van der Waals surface area contributed by atoms with E-state index in [1.54, 1.807) is 0 Å². The third kappa shape index (κ3) is 4.97. The minimum Gasteiger partial charge on any atom is -0.382 e. The van der Waals surface area contributed by atoms with Crippen molar-refractivity contribution >= 4 is 28.2 Å². The number of anilines is 2. The number of nitrogen functional groups attached to an aromatic ring is 1. The van der Waals surface area contributed by atoms with Gasteiger partial charge in [0.1, 0.15) is 10.7 Å². The number of nitrogens with two attached hydrogens (primary N) is 1. The van der Waals surface area contributed by atoms with E-state index in [2.05, 4.69) is 15.2 Å². The van der Waals surface area contributed by atoms with E-state index >= 15 is 0 Å². The summed E-state index contributed by atoms with van der Waals surface area (Å²) in [5.41, 5.74) is 5.81. The van der Waals surface area contributed by atoms with Crippen LogP contribution < -0.4 is 16.0 Å². The Labute approximate surface area is 125 Å². The first-order valence-electron chi connectivity index (χ1n) is 6.86. The van der Waals surface area contributed by atoms with Crippen LogP contribution in [0.4, 0.5) is 10.9 Å². The minimum absolute atomic E-state index is 0.124. The molecule has 0 unspecified atom stereocenters. The maximum Gasteiger partial charge on any atom is 0.265 e. The van der Waals surface area contributed by atoms with Gasteiger partial charge < -0.3 is 20.9 Å². The first-order valence-corrected chi connectivity index (χ1v) is 7.67. The van der Waals surface area contributed by atoms with Gasteiger partial charge in [0.2, 0.25) is 0 Å². The summed E-state index contributed by atoms with van der Waals surface area (Å²) < 4.78 is 0. The van der Waals surface area contributed by atoms with Gasteiger partial charge in [-0.1, -0.05) is 11.3 Å². The topological polar surface area (TPSA) is 74.5 Å². The van der Waals surface area contributed by atoms with Gasteiger partial charge in [-0.15, -0.1) is 0 Å². The molecule has 20 heavy (non-hydrogen) atoms. The van der Waals surface area contributed by atoms with Crippen LogP contribution in [0.15, 0.2) is 0 Å². The zero-order valence-corrected chi connectivity index (χ0v) is 13.6. The van der Waals surface area contributed by atoms with Crippen molar-refractivity contribution in [2.45, 2.75) is 19.8 Å². The SMILES string of the molecule is CCN(C)c1nc(N)c(C(=O)NCCCCN(C)C)s1. The van der Waals surface area contributed by atoms with Crippen molar-refractivity contribution in [2.75, 3.05) is 51.4 Å². The highest BCUT2D eigenvalue weighted by Gasteiger charge is 2.17. The number of carbonyl (C=O) groups is 1. The summed E-state index contributed by atoms with van der Waals surface area (Å²) in [6.45, 7) is 4.56. The summed E-state index contributed by atoms with van der Waals surface area (Å²) in [6.07, 6.45) is 2.03. The van der Waals surface area contributed by atoms with Gasteiger partial charge in [0.05, 0.1) is 0 Å². The lowest BCUT2D eigenvalue weighted by atomic mass is 10.3. The lowest BCUT2D eigenvalue weighted by Crippen LogP contribution is -2.25. The molecule has 1 heterocycles. The largest absolute Gasteiger partial charge is 0.382 e. The van der Waals surface area contributed by atoms with Gasteiger partial charge in [0.25, 0.3) is 5.91 Å². The van der Waals surface area contributed by atoms with E-state index in [0.717, 1.165) is 31.1 Å². The van der Waals surface area contributed by atoms with Gasteiger partial charge in [0, 0.05) is 20.1 Å². The highest BCUT2D eigenvalue weighted by Crippen LogP contribution is 2.27. The van der Waals surface area contributed by atoms with Crippen molar-refractivity contribution in [2.24, 2.45) is 0 Å². The quantitative estimate of drug-likeness (QED) is 0.707. The number of aromatic nitrogens is 1. The number of amides is 1. The smallest absolute Gasteiger partial charge is 0.265 e. The molecule has 0 radical (unpaired) electrons. The van der Waals surface area contributed by atoms with Crippen molar-refractivity contribution in [3.05, 3.63) is 4.88 Å². The minimum atomic E-state index is -0.124. The van der Waals surface area contributed by atoms with Crippen LogP contribution in [0.1, 0.15) is 29.4 Å². The molecule has 1 aromatic heterocycles. The van der Waals surface area contributed by atoms with E-state index < -0.39 is 0 Å². The van der Waals surface area contributed by atoms with E-state index in [-0.39, 0.29) is 5.91 Å². The average Bonchev–Trinajstić information content (AvgIpc) is 2.79. The number of hydrogen-bond acceptors (Lipinski definition) is 6. The Balaban J connectivity index is 2.45. The fourth-order valence-electron chi connectivity index (χ4n) is 1.62. The number of nitrogens with zero attached hydrogens (tertiary/aromatic N) is 3. The molecule has 0 saturated carbocycles. The number of nitrogens with one attached hydrogen (secondary N) is 1. The molecule has 0 aliphatic heterocycles. The molecule has 0 aliphatic rings. The number of unbranched alkanes of at least 4 members (excludes halogenated alkanes) is 1. The molecule has 1 aromatic rings. The second kappa shape index (κ2) is 8.06. The Morgan fingerprint density at radius 3 is 2.65 bits per heavy atom. The molecular formula is C13H25N5OS. The van der Waals surface area contributed by atoms with Crippen LogP contribution in [0, 0.1) is 0 Å². The molecule has 0 fully saturated rings. The van der Waals surface area contributed by atoms with Crippen LogP contribution in [-0.2, 0) is 0 Å². The van der Waals surface area contributed by atoms with E-state index in [1.807, 2.05) is 33.0 Å². The summed E-state index contributed by atoms with van der Waals surface area (Å²) in [5, 5.41) is 3.68. The van der Waals surface area contributed by atoms with Crippen molar-refractivity contribution < 1.29 is 4.79 Å². The average molecular weight is 299 g/mol. The Kier molecular flexibility index (Phi) is 6.74. The van der Waals surface area contributed by atoms with Crippen molar-refractivity contribution in [3.8, 4) is 0 Å². The third-order valence-electron chi connectivity index (χ3n) is 2.97. The molecule has 0 spiro atoms. The Bertz CT molecular complexity index is 432. The molecule has 0 aliphatic carbocycles. The van der Waals surface area contributed by atoms with Gasteiger partial charge in [-0.2, -0.15) is 0 Å². The monoisotopic (exact) mass is 299 g/mol. The second-order valence-corrected chi connectivity index (χ2v) is 5.97. The van der Waals surface area contributed by atoms with Crippen LogP contribution in [0.25, 0.3) is 0 Å². The molecule has 114 valence electrons. The Morgan fingerprint density at radius 1 is 1.35 bits per heavy atom. The van der Waals surface area contributed by atoms with Crippen LogP contribution in [0.2, 0.25) is 0 Å². The third-order valence-corrected chi connectivity index (χ3v) is 4.15. The van der Waals surface area contributed by atoms with Crippen molar-refractivity contribution in [1.82, 2.24) is 15.2 Å². The maximum atomic E-state index is 12.0. The standard InChI is InChI=1S/C13H25N5OS/c1-5-18(4)13-16-11(14)10(20-13)12(19)15-8-6-7-9-17(2)3/h5-9,14H2,1-4H3,(H,15,19). The van der Waals surface area contributed by atoms with E-state index in [1.165, 1.54) is 11.3 Å². The highest BCUT2D eigenvalue weighted by atomic mass is 32.1. The number of rotatable bonds is 8. The molecule has 0 atom stereocenters. The lowest BCUT2D eigenvalue weighted by Gasteiger charge is -2.11. The van der Waals surface area contributed by atoms with Gasteiger partial charge >= 0.3 is 0 Å². The van der Waals surface area contributed by atoms with Crippen molar-refractivity contribution in [3.63, 3.8) is 0 Å². The predicted octanol–water partition coefficient (Wildman–Crippen LogP) is 1.25. The van der Waals surface area contributed by atoms with Crippen LogP contribution in [0.3, 0.4) is 0 Å². The molecule has 1 amide bonds. The summed E-state index contributed by atoms with van der Waals surface area (Å²) in [7, 11) is 6.02. The summed E-state index contributed by atoms with van der Waals surface area (Å²) in [4.78, 5) is 20.9. The molecule has 0 saturated heterocycles. The summed E-state index contributed by atoms with van der Waals surface area (Å²) >= 11 is 1.34. The van der Waals surface area contributed by atoms with E-state index in [9.17, 15) is 4.79 Å². The first kappa shape index (κ1) is 16.7. The first-order chi connectivity index (χ1) is 9.45. The fraction of sp³-hybridized carbons (Fsp3) is 0.692. The molecule has 0 bridgehead atoms. The molecular weight excluding hydrogens is 274 g/mol. The normalized spacial score (nSPS) is 10.8. The van der Waals surface area contributed by atoms with Gasteiger partial charge in [-0.25, -0.2) is 4.98 Å². The zero-order chi connectivity index (χ0) is 15.1. The van der Waals surface area contributed by atoms with Crippen LogP contribution in [0.5, 0.6) is 0 Å². The van der Waals surface area contributed by atoms with Crippen molar-refractivity contribution in [1.29, 1.82) is 0 Å². The van der Waals surface area contributed by atoms with Gasteiger partial charge in [-0.05, 0) is 40.4 Å².